The zero-order valence-corrected chi connectivity index (χ0v) is 29.3. The first-order valence-corrected chi connectivity index (χ1v) is 18.4. The first-order valence-electron chi connectivity index (χ1n) is 18.4. The number of benzene rings is 1. The number of furan rings is 1. The van der Waals surface area contributed by atoms with Crippen LogP contribution >= 0.6 is 0 Å². The third-order valence-corrected chi connectivity index (χ3v) is 10.7. The van der Waals surface area contributed by atoms with Gasteiger partial charge in [-0.3, -0.25) is 0 Å². The number of H-pyrrole nitrogens is 1. The second-order valence-electron chi connectivity index (χ2n) is 14.2. The van der Waals surface area contributed by atoms with Crippen LogP contribution in [0.15, 0.2) is 34.7 Å². The predicted molar refractivity (Wildman–Crippen MR) is 189 cm³/mol. The molecule has 6 atom stereocenters. The number of phenolic OH excluding ortho intramolecular Hbond substituents is 1. The molecule has 2 heterocycles. The topological polar surface area (TPSA) is 143 Å². The highest BCUT2D eigenvalue weighted by Gasteiger charge is 2.42. The fraction of sp³-hybridized carbons (Fsp3) is 0.641. The minimum Gasteiger partial charge on any atom is -0.504 e. The van der Waals surface area contributed by atoms with E-state index in [4.69, 9.17) is 9.15 Å². The van der Waals surface area contributed by atoms with Gasteiger partial charge in [0.2, 0.25) is 0 Å². The van der Waals surface area contributed by atoms with Gasteiger partial charge in [0.25, 0.3) is 0 Å². The fourth-order valence-corrected chi connectivity index (χ4v) is 8.18. The SMILES string of the molecule is CCCCc1oc(CCc2ccc(O)c(OCC(NC)c3cc4c([nH]3)CCC3CCCC3C4C(CCCO)NCC(C)O)c2)cc1CO. The van der Waals surface area contributed by atoms with Crippen molar-refractivity contribution in [3.05, 3.63) is 69.9 Å². The summed E-state index contributed by atoms with van der Waals surface area (Å²) in [6, 6.07) is 9.89. The molecule has 1 saturated carbocycles. The number of phenols is 1. The van der Waals surface area contributed by atoms with Gasteiger partial charge in [-0.2, -0.15) is 0 Å². The molecular formula is C39H59N3O6. The molecule has 48 heavy (non-hydrogen) atoms. The molecule has 2 aliphatic carbocycles. The minimum atomic E-state index is -0.429. The average molecular weight is 666 g/mol. The number of hydrogen-bond acceptors (Lipinski definition) is 8. The molecule has 0 radical (unpaired) electrons. The average Bonchev–Trinajstić information content (AvgIpc) is 3.81. The van der Waals surface area contributed by atoms with Crippen molar-refractivity contribution in [3.63, 3.8) is 0 Å². The first-order chi connectivity index (χ1) is 23.3. The number of aliphatic hydroxyl groups is 3. The molecule has 266 valence electrons. The molecule has 2 aromatic heterocycles. The van der Waals surface area contributed by atoms with E-state index in [9.17, 15) is 20.4 Å². The number of aliphatic hydroxyl groups excluding tert-OH is 3. The zero-order chi connectivity index (χ0) is 34.0. The maximum Gasteiger partial charge on any atom is 0.161 e. The molecule has 3 aromatic rings. The van der Waals surface area contributed by atoms with Gasteiger partial charge in [0.15, 0.2) is 11.5 Å². The van der Waals surface area contributed by atoms with E-state index in [1.165, 1.54) is 36.9 Å². The highest BCUT2D eigenvalue weighted by Crippen LogP contribution is 2.49. The smallest absolute Gasteiger partial charge is 0.161 e. The number of nitrogens with one attached hydrogen (secondary N) is 3. The number of unbranched alkanes of at least 4 members (excludes halogenated alkanes) is 1. The Morgan fingerprint density at radius 3 is 2.67 bits per heavy atom. The largest absolute Gasteiger partial charge is 0.504 e. The minimum absolute atomic E-state index is 0.0118. The third kappa shape index (κ3) is 9.04. The molecule has 1 aromatic carbocycles. The normalized spacial score (nSPS) is 21.0. The van der Waals surface area contributed by atoms with Crippen LogP contribution in [0, 0.1) is 11.8 Å². The number of likely N-dealkylation sites (N-methyl/N-ethyl adjacent to an activating group) is 1. The lowest BCUT2D eigenvalue weighted by molar-refractivity contribution is 0.170. The first kappa shape index (κ1) is 36.5. The van der Waals surface area contributed by atoms with Gasteiger partial charge in [0.1, 0.15) is 18.1 Å². The molecule has 2 aliphatic rings. The van der Waals surface area contributed by atoms with Crippen molar-refractivity contribution in [2.45, 2.75) is 122 Å². The van der Waals surface area contributed by atoms with Crippen LogP contribution in [-0.2, 0) is 32.3 Å². The van der Waals surface area contributed by atoms with Gasteiger partial charge in [0.05, 0.1) is 18.8 Å². The summed E-state index contributed by atoms with van der Waals surface area (Å²) in [6.07, 6.45) is 11.5. The lowest BCUT2D eigenvalue weighted by atomic mass is 9.75. The van der Waals surface area contributed by atoms with Crippen LogP contribution in [0.3, 0.4) is 0 Å². The van der Waals surface area contributed by atoms with Crippen molar-refractivity contribution in [2.24, 2.45) is 11.8 Å². The summed E-state index contributed by atoms with van der Waals surface area (Å²) in [5.41, 5.74) is 5.65. The van der Waals surface area contributed by atoms with Crippen LogP contribution in [0.4, 0.5) is 0 Å². The van der Waals surface area contributed by atoms with Gasteiger partial charge in [-0.25, -0.2) is 0 Å². The summed E-state index contributed by atoms with van der Waals surface area (Å²) >= 11 is 0. The Morgan fingerprint density at radius 1 is 1.06 bits per heavy atom. The van der Waals surface area contributed by atoms with E-state index in [0.717, 1.165) is 73.3 Å². The second kappa shape index (κ2) is 17.7. The van der Waals surface area contributed by atoms with E-state index < -0.39 is 6.10 Å². The third-order valence-electron chi connectivity index (χ3n) is 10.7. The summed E-state index contributed by atoms with van der Waals surface area (Å²) in [5, 5.41) is 47.4. The van der Waals surface area contributed by atoms with E-state index in [1.54, 1.807) is 6.07 Å². The van der Waals surface area contributed by atoms with Gasteiger partial charge >= 0.3 is 0 Å². The van der Waals surface area contributed by atoms with Gasteiger partial charge in [-0.15, -0.1) is 0 Å². The number of aromatic hydroxyl groups is 1. The van der Waals surface area contributed by atoms with E-state index in [1.807, 2.05) is 32.2 Å². The molecule has 6 unspecified atom stereocenters. The van der Waals surface area contributed by atoms with Crippen molar-refractivity contribution < 1.29 is 29.6 Å². The van der Waals surface area contributed by atoms with E-state index in [-0.39, 0.29) is 31.0 Å². The van der Waals surface area contributed by atoms with Crippen molar-refractivity contribution in [1.82, 2.24) is 15.6 Å². The van der Waals surface area contributed by atoms with E-state index in [0.29, 0.717) is 43.1 Å². The predicted octanol–water partition coefficient (Wildman–Crippen LogP) is 5.83. The molecule has 1 fully saturated rings. The Hall–Kier alpha value is -2.82. The molecule has 9 nitrogen and oxygen atoms in total. The lowest BCUT2D eigenvalue weighted by Gasteiger charge is -2.35. The number of ether oxygens (including phenoxy) is 1. The summed E-state index contributed by atoms with van der Waals surface area (Å²) in [5.74, 6) is 3.92. The summed E-state index contributed by atoms with van der Waals surface area (Å²) in [4.78, 5) is 3.78. The number of aryl methyl sites for hydroxylation is 4. The van der Waals surface area contributed by atoms with Crippen molar-refractivity contribution >= 4 is 0 Å². The molecule has 7 N–H and O–H groups in total. The molecule has 0 spiro atoms. The number of rotatable bonds is 19. The maximum absolute atomic E-state index is 10.7. The van der Waals surface area contributed by atoms with Crippen LogP contribution in [0.25, 0.3) is 0 Å². The van der Waals surface area contributed by atoms with Gasteiger partial charge < -0.3 is 45.2 Å². The van der Waals surface area contributed by atoms with Crippen molar-refractivity contribution in [2.75, 3.05) is 26.8 Å². The molecule has 9 heteroatoms. The summed E-state index contributed by atoms with van der Waals surface area (Å²) in [6.45, 7) is 5.01. The van der Waals surface area contributed by atoms with Gasteiger partial charge in [-0.1, -0.05) is 32.3 Å². The highest BCUT2D eigenvalue weighted by atomic mass is 16.5. The van der Waals surface area contributed by atoms with Crippen LogP contribution in [-0.4, -0.2) is 64.4 Å². The second-order valence-corrected chi connectivity index (χ2v) is 14.2. The Labute approximate surface area is 286 Å². The van der Waals surface area contributed by atoms with Crippen LogP contribution < -0.4 is 15.4 Å². The standard InChI is InChI=1S/C39H59N3O6/c1-4-5-11-37-28(23-44)20-29(48-37)15-12-26-13-17-36(46)38(19-26)47-24-35(40-3)34-21-31-32(42-34)16-14-27-8-6-9-30(27)39(31)33(10-7-18-43)41-22-25(2)45/h13,17,19-21,25,27,30,33,35,39-46H,4-12,14-16,18,22-24H2,1-3H3. The highest BCUT2D eigenvalue weighted by molar-refractivity contribution is 5.42. The Balaban J connectivity index is 1.30. The molecule has 0 amide bonds. The quantitative estimate of drug-likeness (QED) is 0.0848. The lowest BCUT2D eigenvalue weighted by Crippen LogP contribution is -2.42. The van der Waals surface area contributed by atoms with Crippen LogP contribution in [0.5, 0.6) is 11.5 Å². The van der Waals surface area contributed by atoms with Crippen molar-refractivity contribution in [3.8, 4) is 11.5 Å². The summed E-state index contributed by atoms with van der Waals surface area (Å²) < 4.78 is 12.4. The van der Waals surface area contributed by atoms with Crippen LogP contribution in [0.2, 0.25) is 0 Å². The fourth-order valence-electron chi connectivity index (χ4n) is 8.18. The molecule has 0 aliphatic heterocycles. The number of aromatic amines is 1. The maximum atomic E-state index is 10.7. The van der Waals surface area contributed by atoms with Gasteiger partial charge in [-0.05, 0) is 106 Å². The number of hydrogen-bond donors (Lipinski definition) is 7. The Kier molecular flexibility index (Phi) is 13.5. The van der Waals surface area contributed by atoms with E-state index >= 15 is 0 Å². The van der Waals surface area contributed by atoms with Crippen molar-refractivity contribution in [1.29, 1.82) is 0 Å². The summed E-state index contributed by atoms with van der Waals surface area (Å²) in [7, 11) is 1.94. The monoisotopic (exact) mass is 665 g/mol. The zero-order valence-electron chi connectivity index (χ0n) is 29.3. The Morgan fingerprint density at radius 2 is 1.92 bits per heavy atom. The van der Waals surface area contributed by atoms with Crippen LogP contribution in [0.1, 0.15) is 117 Å². The number of aromatic nitrogens is 1. The Bertz CT molecular complexity index is 1420. The van der Waals surface area contributed by atoms with E-state index in [2.05, 4.69) is 28.6 Å². The molecule has 5 rings (SSSR count). The van der Waals surface area contributed by atoms with Gasteiger partial charge in [0, 0.05) is 54.9 Å². The molecule has 0 saturated heterocycles. The molecule has 0 bridgehead atoms. The molecular weight excluding hydrogens is 606 g/mol. The number of fused-ring (bicyclic) bond motifs is 2.